The van der Waals surface area contributed by atoms with E-state index in [1.165, 1.54) is 30.5 Å². The Bertz CT molecular complexity index is 1940. The van der Waals surface area contributed by atoms with E-state index in [-0.39, 0.29) is 82.4 Å². The number of sulfone groups is 1. The van der Waals surface area contributed by atoms with E-state index in [2.05, 4.69) is 21.5 Å². The zero-order valence-electron chi connectivity index (χ0n) is 23.7. The normalized spacial score (nSPS) is 15.6. The summed E-state index contributed by atoms with van der Waals surface area (Å²) in [7, 11) is -3.91. The Morgan fingerprint density at radius 1 is 1.19 bits per heavy atom. The predicted molar refractivity (Wildman–Crippen MR) is 159 cm³/mol. The Balaban J connectivity index is 1.88. The maximum absolute atomic E-state index is 15.9. The highest BCUT2D eigenvalue weighted by atomic mass is 32.2. The molecule has 1 fully saturated rings. The van der Waals surface area contributed by atoms with Gasteiger partial charge in [0, 0.05) is 43.8 Å². The molecule has 3 aromatic heterocycles. The number of piperazine rings is 1. The third-order valence-corrected chi connectivity index (χ3v) is 8.52. The van der Waals surface area contributed by atoms with Gasteiger partial charge in [-0.15, -0.1) is 0 Å². The molecule has 11 nitrogen and oxygen atoms in total. The number of nitrogens with two attached hydrogens (primary N) is 1. The van der Waals surface area contributed by atoms with Gasteiger partial charge >= 0.3 is 5.69 Å². The lowest BCUT2D eigenvalue weighted by Crippen LogP contribution is -2.54. The van der Waals surface area contributed by atoms with Gasteiger partial charge < -0.3 is 15.5 Å². The number of carbonyl (C=O) groups is 1. The number of hydrogen-bond acceptors (Lipinski definition) is 9. The minimum Gasteiger partial charge on any atom is -0.398 e. The minimum atomic E-state index is -3.91. The second kappa shape index (κ2) is 11.2. The van der Waals surface area contributed by atoms with Crippen LogP contribution in [0.1, 0.15) is 19.5 Å². The van der Waals surface area contributed by atoms with Gasteiger partial charge in [0.05, 0.1) is 27.2 Å². The summed E-state index contributed by atoms with van der Waals surface area (Å²) in [5.74, 6) is -1.94. The molecule has 43 heavy (non-hydrogen) atoms. The maximum atomic E-state index is 15.9. The Labute approximate surface area is 246 Å². The molecule has 5 rings (SSSR count). The van der Waals surface area contributed by atoms with Crippen molar-refractivity contribution in [3.8, 4) is 16.9 Å². The quantitative estimate of drug-likeness (QED) is 0.258. The second-order valence-electron chi connectivity index (χ2n) is 10.2. The van der Waals surface area contributed by atoms with Gasteiger partial charge in [-0.2, -0.15) is 4.98 Å². The van der Waals surface area contributed by atoms with Crippen LogP contribution in [0, 0.1) is 11.6 Å². The molecule has 0 unspecified atom stereocenters. The summed E-state index contributed by atoms with van der Waals surface area (Å²) in [6.45, 7) is 7.88. The topological polar surface area (TPSA) is 144 Å². The lowest BCUT2D eigenvalue weighted by Gasteiger charge is -2.40. The van der Waals surface area contributed by atoms with Crippen LogP contribution in [-0.2, 0) is 21.1 Å². The van der Waals surface area contributed by atoms with Crippen LogP contribution in [0.5, 0.6) is 0 Å². The summed E-state index contributed by atoms with van der Waals surface area (Å²) in [6.07, 6.45) is 3.76. The fourth-order valence-electron chi connectivity index (χ4n) is 5.37. The molecule has 0 aliphatic carbocycles. The zero-order chi connectivity index (χ0) is 31.2. The molecular weight excluding hydrogens is 580 g/mol. The van der Waals surface area contributed by atoms with Crippen LogP contribution >= 0.6 is 0 Å². The predicted octanol–water partition coefficient (Wildman–Crippen LogP) is 2.89. The standard InChI is InChI=1S/C29H29F2N7O4S/c1-5-21-26(22(10-11-33-21)43(4,41)42)38-28-17(14-19(31)25(34-28)24-18(30)8-7-9-20(24)32)27(35-29(38)40)37-13-12-36(15-16(37)3)23(39)6-2/h6-11,14,16H,2,5,12-13,15,32H2,1,3-4H3/t16-/m0/s1. The van der Waals surface area contributed by atoms with Crippen molar-refractivity contribution in [2.75, 3.05) is 36.5 Å². The van der Waals surface area contributed by atoms with Crippen molar-refractivity contribution >= 4 is 38.3 Å². The Kier molecular flexibility index (Phi) is 7.73. The number of aryl methyl sites for hydroxylation is 1. The molecule has 0 saturated carbocycles. The average Bonchev–Trinajstić information content (AvgIpc) is 2.96. The van der Waals surface area contributed by atoms with Crippen molar-refractivity contribution in [3.63, 3.8) is 0 Å². The van der Waals surface area contributed by atoms with Crippen molar-refractivity contribution in [3.05, 3.63) is 77.0 Å². The number of rotatable bonds is 6. The van der Waals surface area contributed by atoms with Crippen molar-refractivity contribution in [1.82, 2.24) is 24.4 Å². The molecule has 14 heteroatoms. The van der Waals surface area contributed by atoms with Crippen molar-refractivity contribution in [2.45, 2.75) is 31.2 Å². The summed E-state index contributed by atoms with van der Waals surface area (Å²) in [6, 6.07) is 5.84. The zero-order valence-corrected chi connectivity index (χ0v) is 24.5. The van der Waals surface area contributed by atoms with E-state index < -0.39 is 32.9 Å². The molecule has 1 atom stereocenters. The minimum absolute atomic E-state index is 0.0662. The first-order chi connectivity index (χ1) is 20.4. The number of halogens is 2. The van der Waals surface area contributed by atoms with Gasteiger partial charge in [0.1, 0.15) is 17.3 Å². The molecule has 1 aliphatic rings. The third-order valence-electron chi connectivity index (χ3n) is 7.39. The molecule has 4 heterocycles. The van der Waals surface area contributed by atoms with Gasteiger partial charge in [-0.3, -0.25) is 9.78 Å². The average molecular weight is 610 g/mol. The number of amides is 1. The number of carbonyl (C=O) groups excluding carboxylic acids is 1. The van der Waals surface area contributed by atoms with Gasteiger partial charge in [0.2, 0.25) is 5.91 Å². The number of hydrogen-bond donors (Lipinski definition) is 1. The molecule has 1 aliphatic heterocycles. The lowest BCUT2D eigenvalue weighted by atomic mass is 10.1. The van der Waals surface area contributed by atoms with Crippen LogP contribution in [0.25, 0.3) is 28.0 Å². The number of aromatic nitrogens is 4. The fourth-order valence-corrected chi connectivity index (χ4v) is 6.24. The van der Waals surface area contributed by atoms with Crippen LogP contribution in [0.3, 0.4) is 0 Å². The van der Waals surface area contributed by atoms with E-state index >= 15 is 8.78 Å². The molecular formula is C29H29F2N7O4S. The number of fused-ring (bicyclic) bond motifs is 1. The Morgan fingerprint density at radius 2 is 1.93 bits per heavy atom. The number of nitrogens with zero attached hydrogens (tertiary/aromatic N) is 6. The highest BCUT2D eigenvalue weighted by Crippen LogP contribution is 2.35. The molecule has 0 radical (unpaired) electrons. The summed E-state index contributed by atoms with van der Waals surface area (Å²) >= 11 is 0. The van der Waals surface area contributed by atoms with Gasteiger partial charge in [-0.05, 0) is 43.7 Å². The summed E-state index contributed by atoms with van der Waals surface area (Å²) in [4.78, 5) is 42.3. The molecule has 0 spiro atoms. The Morgan fingerprint density at radius 3 is 2.56 bits per heavy atom. The first-order valence-corrected chi connectivity index (χ1v) is 15.3. The molecule has 224 valence electrons. The molecule has 1 amide bonds. The van der Waals surface area contributed by atoms with Crippen LogP contribution in [-0.4, -0.2) is 70.7 Å². The number of pyridine rings is 2. The fraction of sp³-hybridized carbons (Fsp3) is 0.276. The molecule has 4 aromatic rings. The van der Waals surface area contributed by atoms with Crippen molar-refractivity contribution in [1.29, 1.82) is 0 Å². The first kappa shape index (κ1) is 29.8. The van der Waals surface area contributed by atoms with Crippen molar-refractivity contribution in [2.24, 2.45) is 0 Å². The van der Waals surface area contributed by atoms with Gasteiger partial charge in [-0.1, -0.05) is 19.6 Å². The molecule has 1 saturated heterocycles. The summed E-state index contributed by atoms with van der Waals surface area (Å²) < 4.78 is 57.6. The monoisotopic (exact) mass is 609 g/mol. The number of anilines is 2. The van der Waals surface area contributed by atoms with Gasteiger partial charge in [-0.25, -0.2) is 31.5 Å². The maximum Gasteiger partial charge on any atom is 0.355 e. The van der Waals surface area contributed by atoms with Crippen LogP contribution in [0.4, 0.5) is 20.3 Å². The lowest BCUT2D eigenvalue weighted by molar-refractivity contribution is -0.126. The van der Waals surface area contributed by atoms with E-state index in [0.29, 0.717) is 0 Å². The highest BCUT2D eigenvalue weighted by Gasteiger charge is 2.31. The van der Waals surface area contributed by atoms with Crippen molar-refractivity contribution < 1.29 is 22.0 Å². The third kappa shape index (κ3) is 5.22. The van der Waals surface area contributed by atoms with Crippen LogP contribution in [0.15, 0.2) is 58.9 Å². The van der Waals surface area contributed by atoms with Gasteiger partial charge in [0.15, 0.2) is 21.3 Å². The van der Waals surface area contributed by atoms with E-state index in [1.807, 2.05) is 6.92 Å². The Hall–Kier alpha value is -4.72. The van der Waals surface area contributed by atoms with E-state index in [0.717, 1.165) is 23.0 Å². The largest absolute Gasteiger partial charge is 0.398 e. The van der Waals surface area contributed by atoms with E-state index in [9.17, 15) is 18.0 Å². The van der Waals surface area contributed by atoms with Crippen LogP contribution < -0.4 is 16.3 Å². The number of benzene rings is 1. The molecule has 2 N–H and O–H groups in total. The van der Waals surface area contributed by atoms with Gasteiger partial charge in [0.25, 0.3) is 0 Å². The molecule has 1 aromatic carbocycles. The SMILES string of the molecule is C=CC(=O)N1CCN(c2nc(=O)n(-c3c(S(C)(=O)=O)ccnc3CC)c3nc(-c4c(N)cccc4F)c(F)cc23)[C@@H](C)C1. The number of nitrogen functional groups attached to an aromatic ring is 1. The summed E-state index contributed by atoms with van der Waals surface area (Å²) in [5.41, 5.74) is 4.26. The second-order valence-corrected chi connectivity index (χ2v) is 12.2. The molecule has 0 bridgehead atoms. The van der Waals surface area contributed by atoms with E-state index in [1.54, 1.807) is 16.7 Å². The summed E-state index contributed by atoms with van der Waals surface area (Å²) in [5, 5.41) is 0.0662. The first-order valence-electron chi connectivity index (χ1n) is 13.4. The van der Waals surface area contributed by atoms with E-state index in [4.69, 9.17) is 5.73 Å². The highest BCUT2D eigenvalue weighted by molar-refractivity contribution is 7.90. The smallest absolute Gasteiger partial charge is 0.355 e. The van der Waals surface area contributed by atoms with Crippen LogP contribution in [0.2, 0.25) is 0 Å².